The summed E-state index contributed by atoms with van der Waals surface area (Å²) in [6.45, 7) is -0.449. The Hall–Kier alpha value is -5.16. The number of aryl methyl sites for hydroxylation is 1. The summed E-state index contributed by atoms with van der Waals surface area (Å²) >= 11 is 0. The minimum absolute atomic E-state index is 0.0314. The summed E-state index contributed by atoms with van der Waals surface area (Å²) in [5, 5.41) is 29.0. The highest BCUT2D eigenvalue weighted by molar-refractivity contribution is 5.92. The SMILES string of the molecule is O=C(Cc1cc(OC(F)(F)F)ccc1F)Nc1cn(CC(F)CCn2cc(C(=O)NCc3cc(O)ccc3F)nn2)nn1. The fourth-order valence-corrected chi connectivity index (χ4v) is 3.73. The van der Waals surface area contributed by atoms with Crippen molar-refractivity contribution in [3.8, 4) is 11.5 Å². The number of phenolic OH excluding ortho intramolecular Hbond substituents is 1. The van der Waals surface area contributed by atoms with E-state index in [0.29, 0.717) is 0 Å². The second-order valence-electron chi connectivity index (χ2n) is 9.06. The van der Waals surface area contributed by atoms with E-state index >= 15 is 0 Å². The quantitative estimate of drug-likeness (QED) is 0.207. The van der Waals surface area contributed by atoms with Gasteiger partial charge in [0.25, 0.3) is 5.91 Å². The number of nitrogens with zero attached hydrogens (tertiary/aromatic N) is 6. The Morgan fingerprint density at radius 3 is 2.47 bits per heavy atom. The van der Waals surface area contributed by atoms with Gasteiger partial charge >= 0.3 is 6.36 Å². The molecule has 3 N–H and O–H groups in total. The number of nitrogens with one attached hydrogen (secondary N) is 2. The molecule has 0 spiro atoms. The van der Waals surface area contributed by atoms with E-state index in [-0.39, 0.29) is 54.4 Å². The van der Waals surface area contributed by atoms with Gasteiger partial charge in [-0.3, -0.25) is 14.3 Å². The molecule has 1 unspecified atom stereocenters. The molecule has 4 aromatic rings. The maximum Gasteiger partial charge on any atom is 0.573 e. The third kappa shape index (κ3) is 9.17. The zero-order valence-corrected chi connectivity index (χ0v) is 21.9. The Morgan fingerprint density at radius 1 is 0.977 bits per heavy atom. The van der Waals surface area contributed by atoms with Crippen molar-refractivity contribution in [2.45, 2.75) is 45.0 Å². The summed E-state index contributed by atoms with van der Waals surface area (Å²) in [6.07, 6.45) is -4.68. The highest BCUT2D eigenvalue weighted by Gasteiger charge is 2.31. The summed E-state index contributed by atoms with van der Waals surface area (Å²) in [4.78, 5) is 24.5. The topological polar surface area (TPSA) is 149 Å². The predicted octanol–water partition coefficient (Wildman–Crippen LogP) is 3.29. The Kier molecular flexibility index (Phi) is 9.46. The Labute approximate surface area is 238 Å². The summed E-state index contributed by atoms with van der Waals surface area (Å²) in [6, 6.07) is 5.64. The second kappa shape index (κ2) is 13.2. The van der Waals surface area contributed by atoms with Crippen LogP contribution >= 0.6 is 0 Å². The zero-order valence-electron chi connectivity index (χ0n) is 21.9. The average molecular weight is 612 g/mol. The minimum Gasteiger partial charge on any atom is -0.508 e. The number of hydrogen-bond acceptors (Lipinski definition) is 8. The lowest BCUT2D eigenvalue weighted by molar-refractivity contribution is -0.274. The van der Waals surface area contributed by atoms with Crippen molar-refractivity contribution >= 4 is 17.6 Å². The van der Waals surface area contributed by atoms with Crippen molar-refractivity contribution < 1.29 is 45.8 Å². The fraction of sp³-hybridized carbons (Fsp3) is 0.280. The molecular formula is C25H22F6N8O4. The van der Waals surface area contributed by atoms with Gasteiger partial charge in [0.2, 0.25) is 5.91 Å². The van der Waals surface area contributed by atoms with Gasteiger partial charge in [-0.05, 0) is 36.4 Å². The van der Waals surface area contributed by atoms with Gasteiger partial charge in [0, 0.05) is 30.6 Å². The van der Waals surface area contributed by atoms with E-state index in [1.165, 1.54) is 29.2 Å². The molecule has 2 heterocycles. The minimum atomic E-state index is -4.99. The van der Waals surface area contributed by atoms with Gasteiger partial charge < -0.3 is 20.5 Å². The summed E-state index contributed by atoms with van der Waals surface area (Å²) < 4.78 is 85.6. The van der Waals surface area contributed by atoms with E-state index in [2.05, 4.69) is 36.0 Å². The van der Waals surface area contributed by atoms with Crippen LogP contribution in [0.5, 0.6) is 11.5 Å². The summed E-state index contributed by atoms with van der Waals surface area (Å²) in [5.41, 5.74) is -0.378. The number of alkyl halides is 4. The molecule has 2 amide bonds. The maximum absolute atomic E-state index is 14.6. The van der Waals surface area contributed by atoms with E-state index in [9.17, 15) is 41.0 Å². The first-order valence-electron chi connectivity index (χ1n) is 12.4. The molecule has 0 aliphatic rings. The molecule has 1 atom stereocenters. The van der Waals surface area contributed by atoms with Crippen LogP contribution in [-0.4, -0.2) is 59.4 Å². The third-order valence-corrected chi connectivity index (χ3v) is 5.70. The molecule has 4 rings (SSSR count). The van der Waals surface area contributed by atoms with Gasteiger partial charge in [0.1, 0.15) is 29.3 Å². The van der Waals surface area contributed by atoms with Crippen LogP contribution in [0.2, 0.25) is 0 Å². The largest absolute Gasteiger partial charge is 0.573 e. The van der Waals surface area contributed by atoms with Gasteiger partial charge in [0.15, 0.2) is 11.5 Å². The first-order chi connectivity index (χ1) is 20.3. The van der Waals surface area contributed by atoms with Crippen LogP contribution in [0.1, 0.15) is 28.0 Å². The van der Waals surface area contributed by atoms with Crippen LogP contribution in [0.15, 0.2) is 48.8 Å². The molecule has 12 nitrogen and oxygen atoms in total. The lowest BCUT2D eigenvalue weighted by atomic mass is 10.1. The molecule has 0 saturated carbocycles. The van der Waals surface area contributed by atoms with Crippen LogP contribution in [0.4, 0.5) is 32.2 Å². The van der Waals surface area contributed by atoms with E-state index < -0.39 is 48.2 Å². The summed E-state index contributed by atoms with van der Waals surface area (Å²) in [5.74, 6) is -3.96. The van der Waals surface area contributed by atoms with Crippen molar-refractivity contribution in [1.29, 1.82) is 0 Å². The van der Waals surface area contributed by atoms with Crippen LogP contribution in [0.3, 0.4) is 0 Å². The van der Waals surface area contributed by atoms with Crippen LogP contribution in [0, 0.1) is 11.6 Å². The molecule has 2 aromatic heterocycles. The van der Waals surface area contributed by atoms with E-state index in [1.807, 2.05) is 0 Å². The molecule has 228 valence electrons. The Balaban J connectivity index is 1.22. The number of halogens is 6. The molecule has 0 bridgehead atoms. The van der Waals surface area contributed by atoms with Crippen molar-refractivity contribution in [1.82, 2.24) is 35.3 Å². The second-order valence-corrected chi connectivity index (χ2v) is 9.06. The van der Waals surface area contributed by atoms with Crippen LogP contribution < -0.4 is 15.4 Å². The highest BCUT2D eigenvalue weighted by atomic mass is 19.4. The maximum atomic E-state index is 14.6. The van der Waals surface area contributed by atoms with Crippen LogP contribution in [-0.2, 0) is 30.8 Å². The first kappa shape index (κ1) is 30.8. The van der Waals surface area contributed by atoms with Gasteiger partial charge in [-0.15, -0.1) is 23.4 Å². The predicted molar refractivity (Wildman–Crippen MR) is 134 cm³/mol. The van der Waals surface area contributed by atoms with Gasteiger partial charge in [0.05, 0.1) is 25.4 Å². The van der Waals surface area contributed by atoms with Gasteiger partial charge in [-0.25, -0.2) is 17.9 Å². The van der Waals surface area contributed by atoms with E-state index in [4.69, 9.17) is 0 Å². The van der Waals surface area contributed by atoms with Crippen molar-refractivity contribution in [2.75, 3.05) is 5.32 Å². The smallest absolute Gasteiger partial charge is 0.508 e. The monoisotopic (exact) mass is 612 g/mol. The lowest BCUT2D eigenvalue weighted by Gasteiger charge is -2.10. The Bertz CT molecular complexity index is 1590. The van der Waals surface area contributed by atoms with Gasteiger partial charge in [-0.1, -0.05) is 10.4 Å². The molecule has 2 aromatic carbocycles. The van der Waals surface area contributed by atoms with E-state index in [1.54, 1.807) is 0 Å². The number of aromatic hydroxyl groups is 1. The van der Waals surface area contributed by atoms with E-state index in [0.717, 1.165) is 28.9 Å². The number of benzene rings is 2. The number of phenols is 1. The van der Waals surface area contributed by atoms with Crippen molar-refractivity contribution in [3.63, 3.8) is 0 Å². The number of aromatic nitrogens is 6. The highest BCUT2D eigenvalue weighted by Crippen LogP contribution is 2.25. The normalized spacial score (nSPS) is 12.1. The molecule has 0 aliphatic carbocycles. The van der Waals surface area contributed by atoms with Crippen molar-refractivity contribution in [3.05, 3.63) is 77.2 Å². The number of amides is 2. The first-order valence-corrected chi connectivity index (χ1v) is 12.4. The zero-order chi connectivity index (χ0) is 31.1. The molecule has 18 heteroatoms. The number of carbonyl (C=O) groups excluding carboxylic acids is 2. The molecule has 43 heavy (non-hydrogen) atoms. The average Bonchev–Trinajstić information content (AvgIpc) is 3.58. The number of carbonyl (C=O) groups is 2. The molecule has 0 fully saturated rings. The number of hydrogen-bond donors (Lipinski definition) is 3. The van der Waals surface area contributed by atoms with Gasteiger partial charge in [-0.2, -0.15) is 0 Å². The lowest BCUT2D eigenvalue weighted by Crippen LogP contribution is -2.23. The van der Waals surface area contributed by atoms with Crippen molar-refractivity contribution in [2.24, 2.45) is 0 Å². The summed E-state index contributed by atoms with van der Waals surface area (Å²) in [7, 11) is 0. The fourth-order valence-electron chi connectivity index (χ4n) is 3.73. The Morgan fingerprint density at radius 2 is 1.70 bits per heavy atom. The number of anilines is 1. The molecule has 0 saturated heterocycles. The third-order valence-electron chi connectivity index (χ3n) is 5.70. The molecular weight excluding hydrogens is 590 g/mol. The number of rotatable bonds is 12. The number of ether oxygens (including phenoxy) is 1. The van der Waals surface area contributed by atoms with Crippen LogP contribution in [0.25, 0.3) is 0 Å². The molecule has 0 aliphatic heterocycles. The molecule has 0 radical (unpaired) electrons. The standard InChI is InChI=1S/C25H22F6N8O4/c26-16(5-6-38-12-21(34-36-38)24(42)32-10-15-7-17(40)1-3-20(15)28)11-39-13-22(35-37-39)33-23(41)9-14-8-18(2-4-19(14)27)43-25(29,30)31/h1-4,7-8,12-13,16,40H,5-6,9-11H2,(H,32,42)(H,33,41).